The largest absolute Gasteiger partial charge is 0.464 e. The van der Waals surface area contributed by atoms with Gasteiger partial charge in [-0.2, -0.15) is 0 Å². The van der Waals surface area contributed by atoms with Gasteiger partial charge < -0.3 is 24.1 Å². The van der Waals surface area contributed by atoms with Crippen molar-refractivity contribution in [2.45, 2.75) is 44.2 Å². The molecule has 0 unspecified atom stereocenters. The molecule has 1 N–H and O–H groups in total. The predicted molar refractivity (Wildman–Crippen MR) is 74.7 cm³/mol. The maximum Gasteiger partial charge on any atom is 0.362 e. The molecule has 4 atom stereocenters. The number of nitrogens with zero attached hydrogens (tertiary/aromatic N) is 2. The minimum absolute atomic E-state index is 0.277. The number of rotatable bonds is 3. The van der Waals surface area contributed by atoms with Crippen LogP contribution in [-0.4, -0.2) is 58.4 Å². The van der Waals surface area contributed by atoms with Gasteiger partial charge in [-0.25, -0.2) is 9.78 Å². The SMILES string of the molecule is COC(=O)c1nccn([C@@H]2O[C@H](CO)[C@@H]3OC(C)(C)O[C@@H]32)c1=O. The second kappa shape index (κ2) is 5.68. The number of aromatic nitrogens is 2. The topological polar surface area (TPSA) is 109 Å². The van der Waals surface area contributed by atoms with Gasteiger partial charge in [0.25, 0.3) is 5.56 Å². The Morgan fingerprint density at radius 3 is 2.78 bits per heavy atom. The molecule has 0 aliphatic carbocycles. The Bertz CT molecular complexity index is 671. The van der Waals surface area contributed by atoms with E-state index < -0.39 is 41.9 Å². The molecule has 23 heavy (non-hydrogen) atoms. The first-order valence-corrected chi connectivity index (χ1v) is 7.15. The van der Waals surface area contributed by atoms with Crippen LogP contribution >= 0.6 is 0 Å². The van der Waals surface area contributed by atoms with Crippen LogP contribution in [0.5, 0.6) is 0 Å². The third-order valence-corrected chi connectivity index (χ3v) is 3.83. The van der Waals surface area contributed by atoms with Crippen LogP contribution in [0, 0.1) is 0 Å². The number of aliphatic hydroxyl groups excluding tert-OH is 1. The lowest BCUT2D eigenvalue weighted by Crippen LogP contribution is -2.36. The van der Waals surface area contributed by atoms with Crippen LogP contribution in [0.4, 0.5) is 0 Å². The van der Waals surface area contributed by atoms with Gasteiger partial charge in [0.2, 0.25) is 5.69 Å². The molecule has 2 saturated heterocycles. The summed E-state index contributed by atoms with van der Waals surface area (Å²) >= 11 is 0. The van der Waals surface area contributed by atoms with Crippen molar-refractivity contribution in [3.05, 3.63) is 28.4 Å². The van der Waals surface area contributed by atoms with Gasteiger partial charge in [-0.15, -0.1) is 0 Å². The number of carbonyl (C=O) groups excluding carboxylic acids is 1. The second-order valence-electron chi connectivity index (χ2n) is 5.79. The monoisotopic (exact) mass is 326 g/mol. The van der Waals surface area contributed by atoms with Crippen molar-refractivity contribution >= 4 is 5.97 Å². The summed E-state index contributed by atoms with van der Waals surface area (Å²) < 4.78 is 23.0. The number of carbonyl (C=O) groups is 1. The minimum Gasteiger partial charge on any atom is -0.464 e. The maximum absolute atomic E-state index is 12.5. The first-order valence-electron chi connectivity index (χ1n) is 7.15. The number of aliphatic hydroxyl groups is 1. The molecule has 3 rings (SSSR count). The van der Waals surface area contributed by atoms with Gasteiger partial charge in [-0.3, -0.25) is 9.36 Å². The molecule has 0 saturated carbocycles. The molecule has 9 nitrogen and oxygen atoms in total. The molecule has 0 bridgehead atoms. The number of hydrogen-bond acceptors (Lipinski definition) is 8. The minimum atomic E-state index is -0.855. The summed E-state index contributed by atoms with van der Waals surface area (Å²) in [5.74, 6) is -1.69. The average molecular weight is 326 g/mol. The summed E-state index contributed by atoms with van der Waals surface area (Å²) in [4.78, 5) is 27.8. The molecule has 2 aliphatic heterocycles. The van der Waals surface area contributed by atoms with Gasteiger partial charge >= 0.3 is 5.97 Å². The summed E-state index contributed by atoms with van der Waals surface area (Å²) in [5, 5.41) is 9.46. The number of esters is 1. The Hall–Kier alpha value is -1.81. The van der Waals surface area contributed by atoms with Gasteiger partial charge in [0.15, 0.2) is 12.0 Å². The van der Waals surface area contributed by atoms with Crippen LogP contribution in [0.2, 0.25) is 0 Å². The van der Waals surface area contributed by atoms with Crippen LogP contribution in [-0.2, 0) is 18.9 Å². The zero-order chi connectivity index (χ0) is 16.8. The van der Waals surface area contributed by atoms with Crippen molar-refractivity contribution in [3.8, 4) is 0 Å². The highest BCUT2D eigenvalue weighted by Crippen LogP contribution is 2.42. The molecule has 9 heteroatoms. The number of methoxy groups -OCH3 is 1. The van der Waals surface area contributed by atoms with Gasteiger partial charge in [0, 0.05) is 12.4 Å². The van der Waals surface area contributed by atoms with E-state index in [1.54, 1.807) is 13.8 Å². The average Bonchev–Trinajstić information content (AvgIpc) is 2.99. The third-order valence-electron chi connectivity index (χ3n) is 3.83. The molecule has 1 aromatic heterocycles. The van der Waals surface area contributed by atoms with Crippen LogP contribution < -0.4 is 5.56 Å². The molecule has 0 spiro atoms. The highest BCUT2D eigenvalue weighted by atomic mass is 16.8. The van der Waals surface area contributed by atoms with Crippen molar-refractivity contribution in [3.63, 3.8) is 0 Å². The van der Waals surface area contributed by atoms with E-state index in [-0.39, 0.29) is 12.3 Å². The van der Waals surface area contributed by atoms with E-state index in [4.69, 9.17) is 14.2 Å². The first-order chi connectivity index (χ1) is 10.9. The third kappa shape index (κ3) is 2.65. The van der Waals surface area contributed by atoms with Gasteiger partial charge in [-0.1, -0.05) is 0 Å². The van der Waals surface area contributed by atoms with Crippen LogP contribution in [0.1, 0.15) is 30.6 Å². The first kappa shape index (κ1) is 16.1. The fourth-order valence-corrected chi connectivity index (χ4v) is 2.89. The molecule has 3 heterocycles. The maximum atomic E-state index is 12.5. The van der Waals surface area contributed by atoms with E-state index in [1.165, 1.54) is 24.1 Å². The highest BCUT2D eigenvalue weighted by Gasteiger charge is 2.55. The summed E-state index contributed by atoms with van der Waals surface area (Å²) in [6.45, 7) is 3.21. The molecule has 2 aliphatic rings. The normalized spacial score (nSPS) is 31.8. The standard InChI is InChI=1S/C14H18N2O7/c1-14(2)22-9-7(6-17)21-12(10(9)23-14)16-5-4-15-8(11(16)18)13(19)20-3/h4-5,7,9-10,12,17H,6H2,1-3H3/t7-,9+,10+,12-/m1/s1. The molecule has 0 amide bonds. The van der Waals surface area contributed by atoms with E-state index >= 15 is 0 Å². The molecule has 0 radical (unpaired) electrons. The van der Waals surface area contributed by atoms with Crippen molar-refractivity contribution in [1.82, 2.24) is 9.55 Å². The Kier molecular flexibility index (Phi) is 3.96. The Morgan fingerprint density at radius 2 is 2.13 bits per heavy atom. The zero-order valence-corrected chi connectivity index (χ0v) is 13.0. The Labute approximate surface area is 131 Å². The van der Waals surface area contributed by atoms with E-state index in [9.17, 15) is 14.7 Å². The van der Waals surface area contributed by atoms with Gasteiger partial charge in [-0.05, 0) is 13.8 Å². The van der Waals surface area contributed by atoms with Crippen molar-refractivity contribution in [2.24, 2.45) is 0 Å². The predicted octanol–water partition coefficient (Wildman–Crippen LogP) is -0.560. The number of ether oxygens (including phenoxy) is 4. The van der Waals surface area contributed by atoms with Crippen molar-refractivity contribution in [2.75, 3.05) is 13.7 Å². The second-order valence-corrected chi connectivity index (χ2v) is 5.79. The fourth-order valence-electron chi connectivity index (χ4n) is 2.89. The van der Waals surface area contributed by atoms with Crippen LogP contribution in [0.25, 0.3) is 0 Å². The fraction of sp³-hybridized carbons (Fsp3) is 0.643. The molecule has 1 aromatic rings. The summed E-state index contributed by atoms with van der Waals surface area (Å²) in [6, 6.07) is 0. The summed E-state index contributed by atoms with van der Waals surface area (Å²) in [6.07, 6.45) is 0.130. The molecule has 0 aromatic carbocycles. The van der Waals surface area contributed by atoms with E-state index in [1.807, 2.05) is 0 Å². The van der Waals surface area contributed by atoms with Crippen molar-refractivity contribution < 1.29 is 28.8 Å². The lowest BCUT2D eigenvalue weighted by Gasteiger charge is -2.24. The lowest BCUT2D eigenvalue weighted by molar-refractivity contribution is -0.200. The van der Waals surface area contributed by atoms with E-state index in [0.717, 1.165) is 0 Å². The molecular formula is C14H18N2O7. The van der Waals surface area contributed by atoms with Crippen molar-refractivity contribution in [1.29, 1.82) is 0 Å². The molecule has 2 fully saturated rings. The zero-order valence-electron chi connectivity index (χ0n) is 13.0. The Balaban J connectivity index is 1.99. The van der Waals surface area contributed by atoms with E-state index in [0.29, 0.717) is 0 Å². The number of fused-ring (bicyclic) bond motifs is 1. The Morgan fingerprint density at radius 1 is 1.43 bits per heavy atom. The smallest absolute Gasteiger partial charge is 0.362 e. The van der Waals surface area contributed by atoms with Crippen LogP contribution in [0.3, 0.4) is 0 Å². The quantitative estimate of drug-likeness (QED) is 0.736. The van der Waals surface area contributed by atoms with Gasteiger partial charge in [0.1, 0.15) is 18.3 Å². The van der Waals surface area contributed by atoms with E-state index in [2.05, 4.69) is 9.72 Å². The molecular weight excluding hydrogens is 308 g/mol. The molecule has 126 valence electrons. The van der Waals surface area contributed by atoms with Crippen LogP contribution in [0.15, 0.2) is 17.2 Å². The summed E-state index contributed by atoms with van der Waals surface area (Å²) in [5.41, 5.74) is -1.00. The highest BCUT2D eigenvalue weighted by molar-refractivity contribution is 5.86. The van der Waals surface area contributed by atoms with Gasteiger partial charge in [0.05, 0.1) is 13.7 Å². The number of hydrogen-bond donors (Lipinski definition) is 1. The lowest BCUT2D eigenvalue weighted by atomic mass is 10.1. The summed E-state index contributed by atoms with van der Waals surface area (Å²) in [7, 11) is 1.17.